The molecule has 0 amide bonds. The molecule has 6 nitrogen and oxygen atoms in total. The fourth-order valence-electron chi connectivity index (χ4n) is 2.42. The Bertz CT molecular complexity index is 850. The Morgan fingerprint density at radius 2 is 1.96 bits per heavy atom. The lowest BCUT2D eigenvalue weighted by Crippen LogP contribution is -2.07. The van der Waals surface area contributed by atoms with Crippen LogP contribution in [0.15, 0.2) is 18.5 Å². The predicted molar refractivity (Wildman–Crippen MR) is 91.4 cm³/mol. The van der Waals surface area contributed by atoms with Gasteiger partial charge < -0.3 is 5.32 Å². The summed E-state index contributed by atoms with van der Waals surface area (Å²) in [5, 5.41) is 8.65. The third-order valence-corrected chi connectivity index (χ3v) is 3.98. The Labute approximate surface area is 136 Å². The minimum atomic E-state index is 0.262. The number of hydrogen-bond donors (Lipinski definition) is 1. The quantitative estimate of drug-likeness (QED) is 0.802. The van der Waals surface area contributed by atoms with Crippen LogP contribution < -0.4 is 5.32 Å². The van der Waals surface area contributed by atoms with Crippen molar-refractivity contribution in [3.63, 3.8) is 0 Å². The molecular formula is C17H22N6. The van der Waals surface area contributed by atoms with Crippen LogP contribution in [-0.2, 0) is 13.6 Å². The van der Waals surface area contributed by atoms with E-state index in [0.29, 0.717) is 6.54 Å². The molecule has 0 unspecified atom stereocenters. The normalized spacial score (nSPS) is 11.4. The van der Waals surface area contributed by atoms with Gasteiger partial charge in [-0.15, -0.1) is 0 Å². The zero-order valence-electron chi connectivity index (χ0n) is 14.3. The highest BCUT2D eigenvalue weighted by molar-refractivity contribution is 5.86. The monoisotopic (exact) mass is 310 g/mol. The fraction of sp³-hybridized carbons (Fsp3) is 0.412. The number of pyridine rings is 1. The van der Waals surface area contributed by atoms with E-state index >= 15 is 0 Å². The first-order chi connectivity index (χ1) is 11.0. The van der Waals surface area contributed by atoms with Gasteiger partial charge in [-0.05, 0) is 25.0 Å². The molecule has 3 rings (SSSR count). The largest absolute Gasteiger partial charge is 0.365 e. The molecule has 0 radical (unpaired) electrons. The van der Waals surface area contributed by atoms with Crippen molar-refractivity contribution in [3.05, 3.63) is 41.1 Å². The lowest BCUT2D eigenvalue weighted by Gasteiger charge is -2.11. The second-order valence-corrected chi connectivity index (χ2v) is 6.19. The number of nitrogens with one attached hydrogen (secondary N) is 1. The van der Waals surface area contributed by atoms with Crippen molar-refractivity contribution in [2.75, 3.05) is 5.32 Å². The molecule has 0 bridgehead atoms. The van der Waals surface area contributed by atoms with E-state index in [9.17, 15) is 0 Å². The topological polar surface area (TPSA) is 68.5 Å². The summed E-state index contributed by atoms with van der Waals surface area (Å²) in [6.07, 6.45) is 3.71. The van der Waals surface area contributed by atoms with Crippen LogP contribution in [0.2, 0.25) is 0 Å². The summed E-state index contributed by atoms with van der Waals surface area (Å²) in [6.45, 7) is 8.95. The minimum absolute atomic E-state index is 0.262. The number of rotatable bonds is 4. The maximum atomic E-state index is 4.67. The molecule has 1 N–H and O–H groups in total. The molecule has 3 aromatic rings. The van der Waals surface area contributed by atoms with Gasteiger partial charge in [-0.2, -0.15) is 5.10 Å². The van der Waals surface area contributed by atoms with Crippen LogP contribution in [0.1, 0.15) is 42.4 Å². The van der Waals surface area contributed by atoms with Gasteiger partial charge >= 0.3 is 0 Å². The average Bonchev–Trinajstić information content (AvgIpc) is 2.89. The summed E-state index contributed by atoms with van der Waals surface area (Å²) < 4.78 is 1.78. The highest BCUT2D eigenvalue weighted by atomic mass is 15.3. The number of aryl methyl sites for hydroxylation is 3. The molecule has 0 saturated heterocycles. The van der Waals surface area contributed by atoms with E-state index in [-0.39, 0.29) is 5.92 Å². The number of fused-ring (bicyclic) bond motifs is 1. The average molecular weight is 310 g/mol. The van der Waals surface area contributed by atoms with Gasteiger partial charge in [0.1, 0.15) is 11.6 Å². The van der Waals surface area contributed by atoms with Crippen LogP contribution in [-0.4, -0.2) is 24.7 Å². The van der Waals surface area contributed by atoms with Gasteiger partial charge in [-0.1, -0.05) is 19.9 Å². The minimum Gasteiger partial charge on any atom is -0.365 e. The van der Waals surface area contributed by atoms with Gasteiger partial charge in [0.15, 0.2) is 5.65 Å². The van der Waals surface area contributed by atoms with Gasteiger partial charge in [-0.25, -0.2) is 9.97 Å². The van der Waals surface area contributed by atoms with Crippen LogP contribution >= 0.6 is 0 Å². The molecule has 0 aliphatic carbocycles. The summed E-state index contributed by atoms with van der Waals surface area (Å²) in [7, 11) is 1.90. The summed E-state index contributed by atoms with van der Waals surface area (Å²) in [5.74, 6) is 1.91. The molecule has 0 aromatic carbocycles. The number of anilines is 1. The maximum Gasteiger partial charge on any atom is 0.163 e. The number of hydrogen-bond acceptors (Lipinski definition) is 5. The Balaban J connectivity index is 1.93. The molecule has 0 aliphatic rings. The zero-order chi connectivity index (χ0) is 16.6. The first-order valence-corrected chi connectivity index (χ1v) is 7.81. The summed E-state index contributed by atoms with van der Waals surface area (Å²) >= 11 is 0. The summed E-state index contributed by atoms with van der Waals surface area (Å²) in [4.78, 5) is 13.7. The van der Waals surface area contributed by atoms with Crippen LogP contribution in [0.3, 0.4) is 0 Å². The van der Waals surface area contributed by atoms with E-state index in [1.54, 1.807) is 10.9 Å². The van der Waals surface area contributed by atoms with Gasteiger partial charge in [0, 0.05) is 31.4 Å². The Hall–Kier alpha value is -2.50. The van der Waals surface area contributed by atoms with E-state index in [0.717, 1.165) is 33.9 Å². The maximum absolute atomic E-state index is 4.67. The molecule has 23 heavy (non-hydrogen) atoms. The lowest BCUT2D eigenvalue weighted by atomic mass is 10.1. The highest BCUT2D eigenvalue weighted by Gasteiger charge is 2.13. The third kappa shape index (κ3) is 3.02. The lowest BCUT2D eigenvalue weighted by molar-refractivity contribution is 0.752. The van der Waals surface area contributed by atoms with Gasteiger partial charge in [0.05, 0.1) is 11.6 Å². The van der Waals surface area contributed by atoms with E-state index in [1.807, 2.05) is 20.2 Å². The standard InChI is InChI=1S/C17H22N6/c1-10(2)15-21-16(14-9-20-23(5)17(14)22-15)19-8-13-6-11(3)12(4)18-7-13/h6-7,9-10H,8H2,1-5H3,(H,19,21,22). The second kappa shape index (κ2) is 5.95. The van der Waals surface area contributed by atoms with Crippen LogP contribution in [0.25, 0.3) is 11.0 Å². The second-order valence-electron chi connectivity index (χ2n) is 6.19. The van der Waals surface area contributed by atoms with Crippen molar-refractivity contribution in [3.8, 4) is 0 Å². The SMILES string of the molecule is Cc1cc(CNc2nc(C(C)C)nc3c2cnn3C)cnc1C. The number of aromatic nitrogens is 5. The summed E-state index contributed by atoms with van der Waals surface area (Å²) in [6, 6.07) is 2.15. The fourth-order valence-corrected chi connectivity index (χ4v) is 2.42. The van der Waals surface area contributed by atoms with Gasteiger partial charge in [0.25, 0.3) is 0 Å². The molecule has 0 aliphatic heterocycles. The molecule has 120 valence electrons. The summed E-state index contributed by atoms with van der Waals surface area (Å²) in [5.41, 5.74) is 4.24. The number of nitrogens with zero attached hydrogens (tertiary/aromatic N) is 5. The Morgan fingerprint density at radius 3 is 2.65 bits per heavy atom. The predicted octanol–water partition coefficient (Wildman–Crippen LogP) is 3.11. The van der Waals surface area contributed by atoms with E-state index in [4.69, 9.17) is 0 Å². The highest BCUT2D eigenvalue weighted by Crippen LogP contribution is 2.23. The third-order valence-electron chi connectivity index (χ3n) is 3.98. The smallest absolute Gasteiger partial charge is 0.163 e. The van der Waals surface area contributed by atoms with Crippen molar-refractivity contribution >= 4 is 16.9 Å². The molecule has 0 saturated carbocycles. The Kier molecular flexibility index (Phi) is 3.98. The molecule has 0 spiro atoms. The first-order valence-electron chi connectivity index (χ1n) is 7.81. The van der Waals surface area contributed by atoms with Gasteiger partial charge in [-0.3, -0.25) is 9.67 Å². The molecule has 3 heterocycles. The van der Waals surface area contributed by atoms with Crippen LogP contribution in [0, 0.1) is 13.8 Å². The van der Waals surface area contributed by atoms with Crippen LogP contribution in [0.5, 0.6) is 0 Å². The molecule has 0 atom stereocenters. The van der Waals surface area contributed by atoms with E-state index in [2.05, 4.69) is 52.2 Å². The van der Waals surface area contributed by atoms with Crippen molar-refractivity contribution in [1.82, 2.24) is 24.7 Å². The molecule has 3 aromatic heterocycles. The van der Waals surface area contributed by atoms with Crippen LogP contribution in [0.4, 0.5) is 5.82 Å². The van der Waals surface area contributed by atoms with Crippen molar-refractivity contribution in [1.29, 1.82) is 0 Å². The van der Waals surface area contributed by atoms with Crippen molar-refractivity contribution in [2.24, 2.45) is 7.05 Å². The zero-order valence-corrected chi connectivity index (χ0v) is 14.3. The van der Waals surface area contributed by atoms with E-state index in [1.165, 1.54) is 5.56 Å². The molecule has 0 fully saturated rings. The van der Waals surface area contributed by atoms with Gasteiger partial charge in [0.2, 0.25) is 0 Å². The van der Waals surface area contributed by atoms with Crippen molar-refractivity contribution in [2.45, 2.75) is 40.2 Å². The Morgan fingerprint density at radius 1 is 1.17 bits per heavy atom. The van der Waals surface area contributed by atoms with E-state index < -0.39 is 0 Å². The molecular weight excluding hydrogens is 288 g/mol. The molecule has 6 heteroatoms. The first kappa shape index (κ1) is 15.4. The van der Waals surface area contributed by atoms with Crippen molar-refractivity contribution < 1.29 is 0 Å².